The van der Waals surface area contributed by atoms with E-state index in [4.69, 9.17) is 0 Å². The zero-order chi connectivity index (χ0) is 18.5. The van der Waals surface area contributed by atoms with E-state index in [2.05, 4.69) is 46.6 Å². The molecule has 0 saturated heterocycles. The van der Waals surface area contributed by atoms with Gasteiger partial charge in [0.1, 0.15) is 0 Å². The Hall–Kier alpha value is -3.21. The zero-order valence-corrected chi connectivity index (χ0v) is 15.2. The van der Waals surface area contributed by atoms with Gasteiger partial charge >= 0.3 is 0 Å². The van der Waals surface area contributed by atoms with Crippen LogP contribution in [0.4, 0.5) is 5.69 Å². The lowest BCUT2D eigenvalue weighted by atomic mass is 10.1. The van der Waals surface area contributed by atoms with E-state index >= 15 is 0 Å². The van der Waals surface area contributed by atoms with Crippen molar-refractivity contribution in [3.05, 3.63) is 82.9 Å². The second kappa shape index (κ2) is 7.78. The van der Waals surface area contributed by atoms with E-state index in [1.165, 1.54) is 17.2 Å². The van der Waals surface area contributed by atoms with E-state index in [0.717, 1.165) is 17.0 Å². The van der Waals surface area contributed by atoms with Crippen LogP contribution in [0.3, 0.4) is 0 Å². The number of amides is 1. The van der Waals surface area contributed by atoms with Gasteiger partial charge in [0.05, 0.1) is 24.1 Å². The molecule has 0 atom stereocenters. The largest absolute Gasteiger partial charge is 0.321 e. The molecule has 0 aliphatic rings. The molecule has 26 heavy (non-hydrogen) atoms. The molecule has 1 amide bonds. The Morgan fingerprint density at radius 1 is 1.15 bits per heavy atom. The standard InChI is InChI=1S/C21H22N4O/c1-15-6-8-18(9-7-15)14-25-17(3)20(16(2)24-25)10-11-21(26)23-19-5-4-12-22-13-19/h4-13H,14H2,1-3H3,(H,23,26)/b11-10+. The molecule has 2 heterocycles. The number of hydrogen-bond acceptors (Lipinski definition) is 3. The molecule has 3 rings (SSSR count). The van der Waals surface area contributed by atoms with Gasteiger partial charge in [-0.25, -0.2) is 0 Å². The molecule has 132 valence electrons. The zero-order valence-electron chi connectivity index (χ0n) is 15.2. The molecule has 0 saturated carbocycles. The fourth-order valence-corrected chi connectivity index (χ4v) is 2.75. The van der Waals surface area contributed by atoms with Crippen molar-refractivity contribution in [1.82, 2.24) is 14.8 Å². The molecule has 0 unspecified atom stereocenters. The Kier molecular flexibility index (Phi) is 5.27. The highest BCUT2D eigenvalue weighted by atomic mass is 16.1. The monoisotopic (exact) mass is 346 g/mol. The lowest BCUT2D eigenvalue weighted by molar-refractivity contribution is -0.111. The number of hydrogen-bond donors (Lipinski definition) is 1. The number of anilines is 1. The molecule has 5 nitrogen and oxygen atoms in total. The third kappa shape index (κ3) is 4.25. The highest BCUT2D eigenvalue weighted by Crippen LogP contribution is 2.17. The third-order valence-corrected chi connectivity index (χ3v) is 4.22. The van der Waals surface area contributed by atoms with Gasteiger partial charge in [0.15, 0.2) is 0 Å². The second-order valence-electron chi connectivity index (χ2n) is 6.29. The average Bonchev–Trinajstić information content (AvgIpc) is 2.89. The SMILES string of the molecule is Cc1ccc(Cn2nc(C)c(/C=C/C(=O)Nc3cccnc3)c2C)cc1. The predicted molar refractivity (Wildman–Crippen MR) is 104 cm³/mol. The molecule has 3 aromatic rings. The minimum absolute atomic E-state index is 0.192. The van der Waals surface area contributed by atoms with E-state index in [1.807, 2.05) is 24.6 Å². The molecule has 0 bridgehead atoms. The number of aromatic nitrogens is 3. The first-order valence-corrected chi connectivity index (χ1v) is 8.51. The molecule has 0 aliphatic carbocycles. The van der Waals surface area contributed by atoms with Crippen LogP contribution in [0.5, 0.6) is 0 Å². The van der Waals surface area contributed by atoms with Crippen molar-refractivity contribution in [3.8, 4) is 0 Å². The minimum atomic E-state index is -0.192. The summed E-state index contributed by atoms with van der Waals surface area (Å²) < 4.78 is 1.97. The van der Waals surface area contributed by atoms with Crippen LogP contribution in [0, 0.1) is 20.8 Å². The molecular weight excluding hydrogens is 324 g/mol. The van der Waals surface area contributed by atoms with Crippen molar-refractivity contribution in [3.63, 3.8) is 0 Å². The summed E-state index contributed by atoms with van der Waals surface area (Å²) >= 11 is 0. The molecule has 1 aromatic carbocycles. The summed E-state index contributed by atoms with van der Waals surface area (Å²) in [5.41, 5.74) is 6.02. The van der Waals surface area contributed by atoms with Gasteiger partial charge in [-0.1, -0.05) is 29.8 Å². The van der Waals surface area contributed by atoms with E-state index in [1.54, 1.807) is 24.5 Å². The Morgan fingerprint density at radius 3 is 2.62 bits per heavy atom. The number of nitrogens with one attached hydrogen (secondary N) is 1. The van der Waals surface area contributed by atoms with Crippen LogP contribution in [0.25, 0.3) is 6.08 Å². The van der Waals surface area contributed by atoms with Gasteiger partial charge in [0.2, 0.25) is 5.91 Å². The van der Waals surface area contributed by atoms with Gasteiger partial charge in [-0.2, -0.15) is 5.10 Å². The van der Waals surface area contributed by atoms with Crippen molar-refractivity contribution >= 4 is 17.7 Å². The van der Waals surface area contributed by atoms with Crippen LogP contribution in [0.1, 0.15) is 28.1 Å². The first-order valence-electron chi connectivity index (χ1n) is 8.51. The van der Waals surface area contributed by atoms with Crippen LogP contribution in [0.2, 0.25) is 0 Å². The van der Waals surface area contributed by atoms with E-state index in [0.29, 0.717) is 12.2 Å². The molecule has 1 N–H and O–H groups in total. The van der Waals surface area contributed by atoms with Gasteiger partial charge in [0, 0.05) is 23.5 Å². The number of carbonyl (C=O) groups excluding carboxylic acids is 1. The van der Waals surface area contributed by atoms with Crippen LogP contribution in [0.15, 0.2) is 54.9 Å². The molecule has 0 fully saturated rings. The highest BCUT2D eigenvalue weighted by molar-refractivity contribution is 6.01. The third-order valence-electron chi connectivity index (χ3n) is 4.22. The van der Waals surface area contributed by atoms with Crippen LogP contribution in [-0.4, -0.2) is 20.7 Å². The van der Waals surface area contributed by atoms with Gasteiger partial charge in [-0.3, -0.25) is 14.5 Å². The van der Waals surface area contributed by atoms with E-state index in [9.17, 15) is 4.79 Å². The lowest BCUT2D eigenvalue weighted by Crippen LogP contribution is -2.07. The first-order chi connectivity index (χ1) is 12.5. The van der Waals surface area contributed by atoms with Gasteiger partial charge in [-0.15, -0.1) is 0 Å². The van der Waals surface area contributed by atoms with Gasteiger partial charge < -0.3 is 5.32 Å². The fourth-order valence-electron chi connectivity index (χ4n) is 2.75. The molecule has 0 aliphatic heterocycles. The van der Waals surface area contributed by atoms with Crippen LogP contribution in [-0.2, 0) is 11.3 Å². The molecule has 0 spiro atoms. The Morgan fingerprint density at radius 2 is 1.92 bits per heavy atom. The molecule has 0 radical (unpaired) electrons. The number of benzene rings is 1. The smallest absolute Gasteiger partial charge is 0.248 e. The Balaban J connectivity index is 1.73. The first kappa shape index (κ1) is 17.6. The van der Waals surface area contributed by atoms with Crippen molar-refractivity contribution in [1.29, 1.82) is 0 Å². The second-order valence-corrected chi connectivity index (χ2v) is 6.29. The number of pyridine rings is 1. The van der Waals surface area contributed by atoms with Crippen LogP contribution >= 0.6 is 0 Å². The number of aryl methyl sites for hydroxylation is 2. The van der Waals surface area contributed by atoms with Crippen molar-refractivity contribution in [2.24, 2.45) is 0 Å². The maximum Gasteiger partial charge on any atom is 0.248 e. The Bertz CT molecular complexity index is 925. The molecular formula is C21H22N4O. The summed E-state index contributed by atoms with van der Waals surface area (Å²) in [4.78, 5) is 16.1. The maximum absolute atomic E-state index is 12.1. The van der Waals surface area contributed by atoms with Crippen molar-refractivity contribution in [2.75, 3.05) is 5.32 Å². The van der Waals surface area contributed by atoms with Crippen molar-refractivity contribution < 1.29 is 4.79 Å². The summed E-state index contributed by atoms with van der Waals surface area (Å²) in [6.07, 6.45) is 6.62. The van der Waals surface area contributed by atoms with Gasteiger partial charge in [0.25, 0.3) is 0 Å². The van der Waals surface area contributed by atoms with Gasteiger partial charge in [-0.05, 0) is 44.5 Å². The van der Waals surface area contributed by atoms with Crippen molar-refractivity contribution in [2.45, 2.75) is 27.3 Å². The molecule has 2 aromatic heterocycles. The summed E-state index contributed by atoms with van der Waals surface area (Å²) in [5, 5.41) is 7.40. The summed E-state index contributed by atoms with van der Waals surface area (Å²) in [6, 6.07) is 12.0. The lowest BCUT2D eigenvalue weighted by Gasteiger charge is -2.05. The molecule has 5 heteroatoms. The number of nitrogens with zero attached hydrogens (tertiary/aromatic N) is 3. The number of rotatable bonds is 5. The topological polar surface area (TPSA) is 59.8 Å². The quantitative estimate of drug-likeness (QED) is 0.713. The van der Waals surface area contributed by atoms with E-state index < -0.39 is 0 Å². The minimum Gasteiger partial charge on any atom is -0.321 e. The summed E-state index contributed by atoms with van der Waals surface area (Å²) in [6.45, 7) is 6.76. The summed E-state index contributed by atoms with van der Waals surface area (Å²) in [5.74, 6) is -0.192. The summed E-state index contributed by atoms with van der Waals surface area (Å²) in [7, 11) is 0. The average molecular weight is 346 g/mol. The Labute approximate surface area is 153 Å². The fraction of sp³-hybridized carbons (Fsp3) is 0.190. The maximum atomic E-state index is 12.1. The van der Waals surface area contributed by atoms with Crippen LogP contribution < -0.4 is 5.32 Å². The van der Waals surface area contributed by atoms with E-state index in [-0.39, 0.29) is 5.91 Å². The number of carbonyl (C=O) groups is 1. The predicted octanol–water partition coefficient (Wildman–Crippen LogP) is 3.90. The normalized spacial score (nSPS) is 11.0. The highest BCUT2D eigenvalue weighted by Gasteiger charge is 2.10.